The lowest BCUT2D eigenvalue weighted by Gasteiger charge is -2.17. The maximum Gasteiger partial charge on any atom is 0.310 e. The number of methoxy groups -OCH3 is 1. The number of benzene rings is 1. The Morgan fingerprint density at radius 3 is 2.65 bits per heavy atom. The highest BCUT2D eigenvalue weighted by Crippen LogP contribution is 2.33. The number of nitrogens with zero attached hydrogens (tertiary/aromatic N) is 1. The van der Waals surface area contributed by atoms with Crippen LogP contribution in [-0.4, -0.2) is 17.4 Å². The van der Waals surface area contributed by atoms with Crippen molar-refractivity contribution in [2.24, 2.45) is 0 Å². The van der Waals surface area contributed by atoms with Crippen molar-refractivity contribution in [3.63, 3.8) is 0 Å². The number of hydrogen-bond acceptors (Lipinski definition) is 3. The van der Waals surface area contributed by atoms with E-state index in [1.54, 1.807) is 12.1 Å². The van der Waals surface area contributed by atoms with Crippen LogP contribution in [0.5, 0.6) is 5.75 Å². The molecule has 1 aromatic carbocycles. The molecular weight excluding hydrogens is 242 g/mol. The molecule has 94 valence electrons. The summed E-state index contributed by atoms with van der Waals surface area (Å²) in [6.07, 6.45) is 0.849. The van der Waals surface area contributed by atoms with Crippen molar-refractivity contribution in [2.75, 3.05) is 7.11 Å². The summed E-state index contributed by atoms with van der Waals surface area (Å²) in [5, 5.41) is 10.8. The second-order valence-corrected chi connectivity index (χ2v) is 4.46. The van der Waals surface area contributed by atoms with E-state index >= 15 is 0 Å². The van der Waals surface area contributed by atoms with Crippen molar-refractivity contribution in [3.8, 4) is 5.75 Å². The van der Waals surface area contributed by atoms with E-state index in [4.69, 9.17) is 16.3 Å². The Morgan fingerprint density at radius 2 is 2.18 bits per heavy atom. The fourth-order valence-corrected chi connectivity index (χ4v) is 1.84. The van der Waals surface area contributed by atoms with Crippen molar-refractivity contribution < 1.29 is 9.66 Å². The van der Waals surface area contributed by atoms with Crippen LogP contribution in [0.15, 0.2) is 18.2 Å². The summed E-state index contributed by atoms with van der Waals surface area (Å²) in [5.41, 5.74) is 0.931. The standard InChI is InChI=1S/C12H16ClNO3/c1-4-10(13)8(2)9-5-6-11(14(15)16)12(7-9)17-3/h5-8,10H,4H2,1-3H3. The molecule has 17 heavy (non-hydrogen) atoms. The van der Waals surface area contributed by atoms with Crippen LogP contribution in [-0.2, 0) is 0 Å². The molecule has 4 nitrogen and oxygen atoms in total. The number of halogens is 1. The minimum absolute atomic E-state index is 0.0150. The van der Waals surface area contributed by atoms with Crippen molar-refractivity contribution >= 4 is 17.3 Å². The molecule has 0 bridgehead atoms. The maximum absolute atomic E-state index is 10.8. The van der Waals surface area contributed by atoms with E-state index < -0.39 is 4.92 Å². The van der Waals surface area contributed by atoms with Gasteiger partial charge in [-0.25, -0.2) is 0 Å². The Hall–Kier alpha value is -1.29. The smallest absolute Gasteiger partial charge is 0.310 e. The summed E-state index contributed by atoms with van der Waals surface area (Å²) in [5.74, 6) is 0.413. The minimum atomic E-state index is -0.453. The molecule has 0 spiro atoms. The van der Waals surface area contributed by atoms with Crippen LogP contribution in [0.4, 0.5) is 5.69 Å². The Balaban J connectivity index is 3.09. The van der Waals surface area contributed by atoms with E-state index in [2.05, 4.69) is 0 Å². The third kappa shape index (κ3) is 3.09. The quantitative estimate of drug-likeness (QED) is 0.459. The van der Waals surface area contributed by atoms with Crippen LogP contribution in [0.3, 0.4) is 0 Å². The average molecular weight is 258 g/mol. The number of ether oxygens (including phenoxy) is 1. The maximum atomic E-state index is 10.8. The molecule has 0 radical (unpaired) electrons. The predicted molar refractivity (Wildman–Crippen MR) is 68.0 cm³/mol. The van der Waals surface area contributed by atoms with E-state index in [0.29, 0.717) is 0 Å². The van der Waals surface area contributed by atoms with Gasteiger partial charge in [0.05, 0.1) is 12.0 Å². The third-order valence-corrected chi connectivity index (χ3v) is 3.55. The van der Waals surface area contributed by atoms with Gasteiger partial charge in [-0.1, -0.05) is 19.9 Å². The van der Waals surface area contributed by atoms with E-state index in [0.717, 1.165) is 12.0 Å². The highest BCUT2D eigenvalue weighted by Gasteiger charge is 2.20. The van der Waals surface area contributed by atoms with Crippen LogP contribution in [0.25, 0.3) is 0 Å². The topological polar surface area (TPSA) is 52.4 Å². The number of nitro groups is 1. The highest BCUT2D eigenvalue weighted by atomic mass is 35.5. The predicted octanol–water partition coefficient (Wildman–Crippen LogP) is 3.72. The number of hydrogen-bond donors (Lipinski definition) is 0. The molecular formula is C12H16ClNO3. The third-order valence-electron chi connectivity index (χ3n) is 2.86. The van der Waals surface area contributed by atoms with E-state index in [-0.39, 0.29) is 22.7 Å². The molecule has 2 atom stereocenters. The van der Waals surface area contributed by atoms with Crippen molar-refractivity contribution in [1.29, 1.82) is 0 Å². The van der Waals surface area contributed by atoms with Gasteiger partial charge in [-0.05, 0) is 24.0 Å². The van der Waals surface area contributed by atoms with Crippen molar-refractivity contribution in [2.45, 2.75) is 31.6 Å². The first-order valence-electron chi connectivity index (χ1n) is 5.47. The first kappa shape index (κ1) is 13.8. The number of rotatable bonds is 5. The van der Waals surface area contributed by atoms with Gasteiger partial charge in [-0.15, -0.1) is 11.6 Å². The Bertz CT molecular complexity index is 409. The SMILES string of the molecule is CCC(Cl)C(C)c1ccc([N+](=O)[O-])c(OC)c1. The average Bonchev–Trinajstić information content (AvgIpc) is 2.35. The summed E-state index contributed by atoms with van der Waals surface area (Å²) in [7, 11) is 1.43. The Morgan fingerprint density at radius 1 is 1.53 bits per heavy atom. The van der Waals surface area contributed by atoms with Gasteiger partial charge in [0.15, 0.2) is 5.75 Å². The summed E-state index contributed by atoms with van der Waals surface area (Å²) < 4.78 is 5.03. The van der Waals surface area contributed by atoms with Crippen molar-refractivity contribution in [3.05, 3.63) is 33.9 Å². The van der Waals surface area contributed by atoms with Crippen LogP contribution in [0.2, 0.25) is 0 Å². The molecule has 5 heteroatoms. The summed E-state index contributed by atoms with van der Waals surface area (Å²) >= 11 is 6.17. The van der Waals surface area contributed by atoms with Crippen molar-refractivity contribution in [1.82, 2.24) is 0 Å². The van der Waals surface area contributed by atoms with Gasteiger partial charge in [0.25, 0.3) is 0 Å². The zero-order chi connectivity index (χ0) is 13.0. The second-order valence-electron chi connectivity index (χ2n) is 3.90. The van der Waals surface area contributed by atoms with Gasteiger partial charge >= 0.3 is 5.69 Å². The molecule has 0 N–H and O–H groups in total. The van der Waals surface area contributed by atoms with E-state index in [1.807, 2.05) is 13.8 Å². The van der Waals surface area contributed by atoms with E-state index in [9.17, 15) is 10.1 Å². The molecule has 0 heterocycles. The van der Waals surface area contributed by atoms with Crippen LogP contribution >= 0.6 is 11.6 Å². The lowest BCUT2D eigenvalue weighted by Crippen LogP contribution is -2.08. The number of nitro benzene ring substituents is 1. The largest absolute Gasteiger partial charge is 0.490 e. The fraction of sp³-hybridized carbons (Fsp3) is 0.500. The molecule has 0 amide bonds. The summed E-state index contributed by atoms with van der Waals surface area (Å²) in [6.45, 7) is 4.01. The molecule has 2 unspecified atom stereocenters. The first-order chi connectivity index (χ1) is 8.01. The highest BCUT2D eigenvalue weighted by molar-refractivity contribution is 6.21. The fourth-order valence-electron chi connectivity index (χ4n) is 1.69. The molecule has 1 rings (SSSR count). The minimum Gasteiger partial charge on any atom is -0.490 e. The van der Waals surface area contributed by atoms with Crippen LogP contribution < -0.4 is 4.74 Å². The lowest BCUT2D eigenvalue weighted by atomic mass is 9.95. The van der Waals surface area contributed by atoms with Gasteiger partial charge in [0.1, 0.15) is 0 Å². The zero-order valence-corrected chi connectivity index (χ0v) is 10.9. The van der Waals surface area contributed by atoms with Crippen LogP contribution in [0.1, 0.15) is 31.7 Å². The van der Waals surface area contributed by atoms with Gasteiger partial charge < -0.3 is 4.74 Å². The van der Waals surface area contributed by atoms with Gasteiger partial charge in [0.2, 0.25) is 0 Å². The molecule has 0 aliphatic heterocycles. The zero-order valence-electron chi connectivity index (χ0n) is 10.1. The molecule has 0 fully saturated rings. The Kier molecular flexibility index (Phi) is 4.75. The monoisotopic (exact) mass is 257 g/mol. The van der Waals surface area contributed by atoms with Crippen LogP contribution in [0, 0.1) is 10.1 Å². The summed E-state index contributed by atoms with van der Waals surface area (Å²) in [6, 6.07) is 4.88. The molecule has 0 aromatic heterocycles. The molecule has 0 aliphatic rings. The lowest BCUT2D eigenvalue weighted by molar-refractivity contribution is -0.385. The Labute approximate surface area is 106 Å². The van der Waals surface area contributed by atoms with Gasteiger partial charge in [0, 0.05) is 11.4 Å². The molecule has 1 aromatic rings. The van der Waals surface area contributed by atoms with Gasteiger partial charge in [-0.3, -0.25) is 10.1 Å². The summed E-state index contributed by atoms with van der Waals surface area (Å²) in [4.78, 5) is 10.3. The van der Waals surface area contributed by atoms with E-state index in [1.165, 1.54) is 13.2 Å². The second kappa shape index (κ2) is 5.87. The van der Waals surface area contributed by atoms with Gasteiger partial charge in [-0.2, -0.15) is 0 Å². The number of alkyl halides is 1. The normalized spacial score (nSPS) is 14.1. The molecule has 0 aliphatic carbocycles. The molecule has 0 saturated carbocycles. The first-order valence-corrected chi connectivity index (χ1v) is 5.91. The molecule has 0 saturated heterocycles.